The zero-order valence-electron chi connectivity index (χ0n) is 74.3. The van der Waals surface area contributed by atoms with Gasteiger partial charge in [0.15, 0.2) is 0 Å². The van der Waals surface area contributed by atoms with Gasteiger partial charge in [0.25, 0.3) is 0 Å². The largest absolute Gasteiger partial charge is 0.309 e. The quantitative estimate of drug-likeness (QED) is 0.109. The van der Waals surface area contributed by atoms with Crippen molar-refractivity contribution in [2.24, 2.45) is 0 Å². The summed E-state index contributed by atoms with van der Waals surface area (Å²) in [6.45, 7) is 0. The van der Waals surface area contributed by atoms with Gasteiger partial charge in [0.05, 0.1) is 44.1 Å². The highest BCUT2D eigenvalue weighted by Crippen LogP contribution is 2.46. The summed E-state index contributed by atoms with van der Waals surface area (Å²) in [5.74, 6) is 0. The van der Waals surface area contributed by atoms with E-state index in [0.29, 0.717) is 0 Å². The summed E-state index contributed by atoms with van der Waals surface area (Å²) in [6.07, 6.45) is 0. The Morgan fingerprint density at radius 1 is 0.0809 bits per heavy atom. The second-order valence-corrected chi connectivity index (χ2v) is 36.1. The van der Waals surface area contributed by atoms with E-state index in [-0.39, 0.29) is 0 Å². The number of nitrogens with zero attached hydrogens (tertiary/aromatic N) is 4. The third kappa shape index (κ3) is 13.0. The van der Waals surface area contributed by atoms with Crippen LogP contribution in [0.2, 0.25) is 0 Å². The van der Waals surface area contributed by atoms with E-state index in [0.717, 1.165) is 22.7 Å². The zero-order chi connectivity index (χ0) is 89.4. The molecule has 24 aromatic carbocycles. The van der Waals surface area contributed by atoms with Crippen LogP contribution in [0.15, 0.2) is 510 Å². The second-order valence-electron chi connectivity index (χ2n) is 36.1. The van der Waals surface area contributed by atoms with Crippen molar-refractivity contribution >= 4 is 152 Å². The van der Waals surface area contributed by atoms with E-state index in [1.165, 1.54) is 241 Å². The lowest BCUT2D eigenvalue weighted by molar-refractivity contribution is 1.18. The molecule has 4 aromatic heterocycles. The van der Waals surface area contributed by atoms with Crippen LogP contribution >= 0.6 is 0 Å². The molecule has 632 valence electrons. The Hall–Kier alpha value is -18.0. The number of rotatable bonds is 12. The first kappa shape index (κ1) is 77.9. The molecule has 0 atom stereocenters. The number of aromatic nitrogens is 4. The normalized spacial score (nSPS) is 11.8. The summed E-state index contributed by atoms with van der Waals surface area (Å²) >= 11 is 0. The molecular formula is C132H84N4. The summed E-state index contributed by atoms with van der Waals surface area (Å²) in [6, 6.07) is 187. The summed E-state index contributed by atoms with van der Waals surface area (Å²) in [5, 5.41) is 25.5. The molecule has 0 aliphatic heterocycles. The highest BCUT2D eigenvalue weighted by Gasteiger charge is 2.23. The third-order valence-corrected chi connectivity index (χ3v) is 28.6. The van der Waals surface area contributed by atoms with Gasteiger partial charge in [-0.1, -0.05) is 376 Å². The number of hydrogen-bond acceptors (Lipinski definition) is 0. The molecule has 4 heteroatoms. The molecule has 0 bridgehead atoms. The molecule has 0 spiro atoms. The number of para-hydroxylation sites is 4. The molecule has 4 nitrogen and oxygen atoms in total. The topological polar surface area (TPSA) is 19.7 Å². The van der Waals surface area contributed by atoms with E-state index in [2.05, 4.69) is 528 Å². The Labute approximate surface area is 785 Å². The molecule has 0 saturated carbocycles. The summed E-state index contributed by atoms with van der Waals surface area (Å²) in [4.78, 5) is 0. The van der Waals surface area contributed by atoms with Gasteiger partial charge in [-0.3, -0.25) is 0 Å². The SMILES string of the molecule is c1ccc(-c2ccc(-c3ccc(-n4c5ccccc5c5cc(-c6ccc7c(c6)c6ccccc6n7-c6ccc(-c7ccc8c9ccccc9c9ccccc9c8c7)cc6)ccc54)cc3)cc2)cc1.c1ccc(-c2ccc(-c3ccc(-n4c5ccccc5c5cc(-c6ccc7c(c6)c6ccccc6n7-c6cccc(-c7ccc8c9ccccc9c9ccccc9c8c7)c6)ccc54)cc3)cc2)cc1. The molecule has 0 unspecified atom stereocenters. The molecule has 0 aliphatic carbocycles. The molecule has 0 amide bonds. The Kier molecular flexibility index (Phi) is 18.3. The van der Waals surface area contributed by atoms with E-state index in [4.69, 9.17) is 0 Å². The van der Waals surface area contributed by atoms with Gasteiger partial charge < -0.3 is 18.3 Å². The maximum absolute atomic E-state index is 2.43. The lowest BCUT2D eigenvalue weighted by Gasteiger charge is -2.13. The molecule has 0 N–H and O–H groups in total. The molecule has 0 radical (unpaired) electrons. The molecule has 0 saturated heterocycles. The molecule has 4 heterocycles. The van der Waals surface area contributed by atoms with Crippen LogP contribution in [0.1, 0.15) is 0 Å². The maximum atomic E-state index is 2.43. The fraction of sp³-hybridized carbons (Fsp3) is 0. The number of fused-ring (bicyclic) bond motifs is 24. The summed E-state index contributed by atoms with van der Waals surface area (Å²) in [7, 11) is 0. The van der Waals surface area contributed by atoms with Crippen LogP contribution in [0.5, 0.6) is 0 Å². The Bertz CT molecular complexity index is 9600. The fourth-order valence-electron chi connectivity index (χ4n) is 22.1. The van der Waals surface area contributed by atoms with Gasteiger partial charge in [-0.2, -0.15) is 0 Å². The van der Waals surface area contributed by atoms with Gasteiger partial charge in [0.1, 0.15) is 0 Å². The van der Waals surface area contributed by atoms with Gasteiger partial charge in [0.2, 0.25) is 0 Å². The second kappa shape index (κ2) is 32.0. The smallest absolute Gasteiger partial charge is 0.0541 e. The van der Waals surface area contributed by atoms with Crippen LogP contribution in [0.3, 0.4) is 0 Å². The minimum absolute atomic E-state index is 1.15. The highest BCUT2D eigenvalue weighted by molar-refractivity contribution is 6.28. The maximum Gasteiger partial charge on any atom is 0.0541 e. The van der Waals surface area contributed by atoms with E-state index >= 15 is 0 Å². The Morgan fingerprint density at radius 2 is 0.250 bits per heavy atom. The van der Waals surface area contributed by atoms with Gasteiger partial charge in [0, 0.05) is 65.8 Å². The summed E-state index contributed by atoms with van der Waals surface area (Å²) < 4.78 is 9.66. The van der Waals surface area contributed by atoms with E-state index in [1.807, 2.05) is 0 Å². The average molecular weight is 1730 g/mol. The van der Waals surface area contributed by atoms with Crippen molar-refractivity contribution in [3.63, 3.8) is 0 Å². The van der Waals surface area contributed by atoms with Gasteiger partial charge in [-0.05, 0) is 287 Å². The first-order valence-corrected chi connectivity index (χ1v) is 47.0. The van der Waals surface area contributed by atoms with Crippen LogP contribution in [-0.4, -0.2) is 18.3 Å². The minimum atomic E-state index is 1.15. The highest BCUT2D eigenvalue weighted by atomic mass is 15.0. The third-order valence-electron chi connectivity index (χ3n) is 28.6. The van der Waals surface area contributed by atoms with E-state index in [1.54, 1.807) is 0 Å². The van der Waals surface area contributed by atoms with Gasteiger partial charge >= 0.3 is 0 Å². The van der Waals surface area contributed by atoms with Crippen LogP contribution in [0.4, 0.5) is 0 Å². The zero-order valence-corrected chi connectivity index (χ0v) is 74.3. The Balaban J connectivity index is 0.000000138. The molecule has 0 aliphatic rings. The first-order chi connectivity index (χ1) is 67.4. The average Bonchev–Trinajstić information content (AvgIpc) is 1.65. The van der Waals surface area contributed by atoms with Crippen molar-refractivity contribution in [2.75, 3.05) is 0 Å². The van der Waals surface area contributed by atoms with Crippen LogP contribution < -0.4 is 0 Å². The van der Waals surface area contributed by atoms with Crippen molar-refractivity contribution in [3.05, 3.63) is 510 Å². The minimum Gasteiger partial charge on any atom is -0.309 e. The molecular weight excluding hydrogens is 1640 g/mol. The molecule has 0 fully saturated rings. The number of benzene rings is 24. The van der Waals surface area contributed by atoms with Crippen molar-refractivity contribution in [1.82, 2.24) is 18.3 Å². The van der Waals surface area contributed by atoms with Gasteiger partial charge in [-0.15, -0.1) is 0 Å². The lowest BCUT2D eigenvalue weighted by atomic mass is 9.92. The van der Waals surface area contributed by atoms with Crippen LogP contribution in [-0.2, 0) is 0 Å². The molecule has 28 rings (SSSR count). The van der Waals surface area contributed by atoms with E-state index < -0.39 is 0 Å². The van der Waals surface area contributed by atoms with E-state index in [9.17, 15) is 0 Å². The van der Waals surface area contributed by atoms with Crippen molar-refractivity contribution in [3.8, 4) is 112 Å². The first-order valence-electron chi connectivity index (χ1n) is 47.0. The van der Waals surface area contributed by atoms with Crippen molar-refractivity contribution in [1.29, 1.82) is 0 Å². The van der Waals surface area contributed by atoms with Crippen molar-refractivity contribution in [2.45, 2.75) is 0 Å². The predicted octanol–water partition coefficient (Wildman–Crippen LogP) is 36.0. The monoisotopic (exact) mass is 1720 g/mol. The van der Waals surface area contributed by atoms with Gasteiger partial charge in [-0.25, -0.2) is 0 Å². The lowest BCUT2D eigenvalue weighted by Crippen LogP contribution is -1.94. The van der Waals surface area contributed by atoms with Crippen molar-refractivity contribution < 1.29 is 0 Å². The predicted molar refractivity (Wildman–Crippen MR) is 579 cm³/mol. The molecule has 136 heavy (non-hydrogen) atoms. The number of hydrogen-bond donors (Lipinski definition) is 0. The summed E-state index contributed by atoms with van der Waals surface area (Å²) in [5.41, 5.74) is 33.5. The fourth-order valence-corrected chi connectivity index (χ4v) is 22.1. The standard InChI is InChI=1S/2C66H42N2/c1-2-13-43(14-3-1)44-25-27-45(28-26-44)46-29-34-51(35-30-46)67-63-23-10-8-21-58(63)61-41-49(32-37-65(61)67)50-33-38-66-62(42-50)59-22-9-11-24-64(59)68(66)52-16-12-15-47(39-52)48-31-36-57-55-19-5-4-17-53(55)54-18-6-7-20-56(54)60(57)40-48;1-2-12-43(13-3-1)44-22-24-45(25-23-44)46-26-33-51(34-27-46)67-63-20-10-8-18-58(63)61-41-49(31-38-65(61)67)50-32-39-66-62(42-50)59-19-9-11-21-64(59)68(66)52-35-28-47(29-36-52)48-30-37-57-55-16-5-4-14-53(55)54-15-6-7-17-56(54)60(57)40-48/h2*1-42H. The Morgan fingerprint density at radius 3 is 0.537 bits per heavy atom. The van der Waals surface area contributed by atoms with Crippen LogP contribution in [0.25, 0.3) is 264 Å². The van der Waals surface area contributed by atoms with Crippen LogP contribution in [0, 0.1) is 0 Å². The molecule has 28 aromatic rings.